The lowest BCUT2D eigenvalue weighted by atomic mass is 10.1. The minimum absolute atomic E-state index is 0.238. The Morgan fingerprint density at radius 1 is 1.50 bits per heavy atom. The first kappa shape index (κ1) is 12.9. The van der Waals surface area contributed by atoms with E-state index in [-0.39, 0.29) is 11.5 Å². The second kappa shape index (κ2) is 4.45. The van der Waals surface area contributed by atoms with E-state index in [4.69, 9.17) is 5.73 Å². The number of carbonyl (C=O) groups is 2. The van der Waals surface area contributed by atoms with E-state index in [9.17, 15) is 19.1 Å². The number of hydrogen-bond donors (Lipinski definition) is 3. The molecule has 7 heteroatoms. The van der Waals surface area contributed by atoms with Crippen LogP contribution in [0.5, 0.6) is 0 Å². The topological polar surface area (TPSA) is 95.7 Å². The quantitative estimate of drug-likeness (QED) is 0.716. The molecule has 2 heterocycles. The van der Waals surface area contributed by atoms with Gasteiger partial charge >= 0.3 is 0 Å². The van der Waals surface area contributed by atoms with Crippen LogP contribution in [0.4, 0.5) is 15.8 Å². The Kier molecular flexibility index (Phi) is 2.86. The van der Waals surface area contributed by atoms with Crippen LogP contribution in [-0.4, -0.2) is 30.0 Å². The third-order valence-electron chi connectivity index (χ3n) is 3.85. The van der Waals surface area contributed by atoms with E-state index >= 15 is 0 Å². The second-order valence-corrected chi connectivity index (χ2v) is 5.12. The fourth-order valence-electron chi connectivity index (χ4n) is 2.71. The lowest BCUT2D eigenvalue weighted by molar-refractivity contribution is -0.123. The Labute approximate surface area is 114 Å². The summed E-state index contributed by atoms with van der Waals surface area (Å²) in [7, 11) is 0. The van der Waals surface area contributed by atoms with Crippen LogP contribution in [0.3, 0.4) is 0 Å². The van der Waals surface area contributed by atoms with E-state index in [2.05, 4.69) is 5.32 Å². The maximum atomic E-state index is 14.1. The van der Waals surface area contributed by atoms with Crippen LogP contribution in [0.1, 0.15) is 18.1 Å². The van der Waals surface area contributed by atoms with Crippen molar-refractivity contribution >= 4 is 23.2 Å². The number of carbonyl (C=O) groups excluding carboxylic acids is 2. The van der Waals surface area contributed by atoms with Crippen molar-refractivity contribution < 1.29 is 19.1 Å². The highest BCUT2D eigenvalue weighted by Gasteiger charge is 2.33. The van der Waals surface area contributed by atoms with Crippen molar-refractivity contribution in [2.45, 2.75) is 12.5 Å². The summed E-state index contributed by atoms with van der Waals surface area (Å²) in [6.45, 7) is 0.890. The molecule has 3 rings (SSSR count). The zero-order valence-electron chi connectivity index (χ0n) is 10.6. The SMILES string of the molecule is NC(=O)C1CCN(c2cc3c(cc2F)C(O)C(=O)N3)C1. The highest BCUT2D eigenvalue weighted by molar-refractivity contribution is 6.02. The number of nitrogens with one attached hydrogen (secondary N) is 1. The molecule has 0 aliphatic carbocycles. The minimum Gasteiger partial charge on any atom is -0.378 e. The van der Waals surface area contributed by atoms with Gasteiger partial charge in [-0.25, -0.2) is 4.39 Å². The molecular formula is C13H14FN3O3. The Morgan fingerprint density at radius 2 is 2.25 bits per heavy atom. The number of amides is 2. The molecule has 1 aromatic rings. The average molecular weight is 279 g/mol. The van der Waals surface area contributed by atoms with Gasteiger partial charge in [-0.3, -0.25) is 9.59 Å². The highest BCUT2D eigenvalue weighted by atomic mass is 19.1. The molecule has 2 unspecified atom stereocenters. The molecule has 0 bridgehead atoms. The number of hydrogen-bond acceptors (Lipinski definition) is 4. The molecule has 0 saturated carbocycles. The summed E-state index contributed by atoms with van der Waals surface area (Å²) in [6.07, 6.45) is -0.744. The molecule has 106 valence electrons. The first-order valence-corrected chi connectivity index (χ1v) is 6.34. The summed E-state index contributed by atoms with van der Waals surface area (Å²) < 4.78 is 14.1. The summed E-state index contributed by atoms with van der Waals surface area (Å²) in [4.78, 5) is 24.2. The molecule has 4 N–H and O–H groups in total. The number of rotatable bonds is 2. The van der Waals surface area contributed by atoms with Crippen molar-refractivity contribution in [1.29, 1.82) is 0 Å². The molecule has 20 heavy (non-hydrogen) atoms. The zero-order valence-corrected chi connectivity index (χ0v) is 10.6. The summed E-state index contributed by atoms with van der Waals surface area (Å²) in [5.74, 6) is -1.77. The maximum Gasteiger partial charge on any atom is 0.257 e. The first-order chi connectivity index (χ1) is 9.47. The van der Waals surface area contributed by atoms with Crippen LogP contribution >= 0.6 is 0 Å². The van der Waals surface area contributed by atoms with Crippen molar-refractivity contribution in [3.8, 4) is 0 Å². The van der Waals surface area contributed by atoms with Gasteiger partial charge in [0.05, 0.1) is 11.6 Å². The number of halogens is 1. The monoisotopic (exact) mass is 279 g/mol. The molecule has 1 aromatic carbocycles. The fraction of sp³-hybridized carbons (Fsp3) is 0.385. The van der Waals surface area contributed by atoms with Gasteiger partial charge in [0.1, 0.15) is 5.82 Å². The van der Waals surface area contributed by atoms with Gasteiger partial charge in [0.25, 0.3) is 5.91 Å². The predicted molar refractivity (Wildman–Crippen MR) is 69.5 cm³/mol. The van der Waals surface area contributed by atoms with E-state index in [0.717, 1.165) is 6.07 Å². The standard InChI is InChI=1S/C13H14FN3O3/c14-8-3-7-9(16-13(20)11(7)18)4-10(8)17-2-1-6(5-17)12(15)19/h3-4,6,11,18H,1-2,5H2,(H2,15,19)(H,16,20). The summed E-state index contributed by atoms with van der Waals surface area (Å²) in [5, 5.41) is 12.1. The van der Waals surface area contributed by atoms with Crippen molar-refractivity contribution in [2.75, 3.05) is 23.3 Å². The number of nitrogens with zero attached hydrogens (tertiary/aromatic N) is 1. The smallest absolute Gasteiger partial charge is 0.257 e. The number of aliphatic hydroxyl groups is 1. The van der Waals surface area contributed by atoms with Crippen LogP contribution < -0.4 is 16.0 Å². The summed E-state index contributed by atoms with van der Waals surface area (Å²) >= 11 is 0. The number of nitrogens with two attached hydrogens (primary N) is 1. The molecule has 1 saturated heterocycles. The van der Waals surface area contributed by atoms with Crippen LogP contribution in [0.25, 0.3) is 0 Å². The third kappa shape index (κ3) is 1.90. The van der Waals surface area contributed by atoms with Crippen LogP contribution in [0, 0.1) is 11.7 Å². The lowest BCUT2D eigenvalue weighted by Gasteiger charge is -2.20. The highest BCUT2D eigenvalue weighted by Crippen LogP contribution is 2.37. The predicted octanol–water partition coefficient (Wildman–Crippen LogP) is 0.123. The maximum absolute atomic E-state index is 14.1. The Morgan fingerprint density at radius 3 is 2.90 bits per heavy atom. The van der Waals surface area contributed by atoms with Crippen molar-refractivity contribution in [1.82, 2.24) is 0 Å². The van der Waals surface area contributed by atoms with Gasteiger partial charge in [-0.05, 0) is 18.6 Å². The Hall–Kier alpha value is -2.15. The van der Waals surface area contributed by atoms with Gasteiger partial charge in [-0.1, -0.05) is 0 Å². The third-order valence-corrected chi connectivity index (χ3v) is 3.85. The summed E-state index contributed by atoms with van der Waals surface area (Å²) in [6, 6.07) is 2.65. The molecular weight excluding hydrogens is 265 g/mol. The normalized spacial score (nSPS) is 24.7. The van der Waals surface area contributed by atoms with E-state index in [1.165, 1.54) is 6.07 Å². The van der Waals surface area contributed by atoms with Gasteiger partial charge in [0, 0.05) is 24.3 Å². The fourth-order valence-corrected chi connectivity index (χ4v) is 2.71. The van der Waals surface area contributed by atoms with E-state index < -0.39 is 23.7 Å². The first-order valence-electron chi connectivity index (χ1n) is 6.34. The van der Waals surface area contributed by atoms with Crippen molar-refractivity contribution in [2.24, 2.45) is 11.7 Å². The molecule has 2 amide bonds. The molecule has 2 atom stereocenters. The number of fused-ring (bicyclic) bond motifs is 1. The molecule has 0 spiro atoms. The van der Waals surface area contributed by atoms with Gasteiger partial charge in [0.15, 0.2) is 6.10 Å². The van der Waals surface area contributed by atoms with Crippen LogP contribution in [0.2, 0.25) is 0 Å². The molecule has 6 nitrogen and oxygen atoms in total. The molecule has 2 aliphatic heterocycles. The average Bonchev–Trinajstić information content (AvgIpc) is 2.97. The van der Waals surface area contributed by atoms with E-state index in [1.54, 1.807) is 4.90 Å². The van der Waals surface area contributed by atoms with Crippen LogP contribution in [0.15, 0.2) is 12.1 Å². The van der Waals surface area contributed by atoms with Gasteiger partial charge < -0.3 is 21.1 Å². The number of anilines is 2. The minimum atomic E-state index is -1.33. The van der Waals surface area contributed by atoms with Gasteiger partial charge in [-0.2, -0.15) is 0 Å². The van der Waals surface area contributed by atoms with E-state index in [0.29, 0.717) is 30.9 Å². The van der Waals surface area contributed by atoms with E-state index in [1.807, 2.05) is 0 Å². The van der Waals surface area contributed by atoms with Gasteiger partial charge in [0.2, 0.25) is 5.91 Å². The second-order valence-electron chi connectivity index (χ2n) is 5.12. The number of aliphatic hydroxyl groups excluding tert-OH is 1. The van der Waals surface area contributed by atoms with Crippen LogP contribution in [-0.2, 0) is 9.59 Å². The molecule has 1 fully saturated rings. The molecule has 0 radical (unpaired) electrons. The lowest BCUT2D eigenvalue weighted by Crippen LogP contribution is -2.27. The Bertz CT molecular complexity index is 605. The molecule has 0 aromatic heterocycles. The Balaban J connectivity index is 1.91. The molecule has 2 aliphatic rings. The van der Waals surface area contributed by atoms with Crippen molar-refractivity contribution in [3.63, 3.8) is 0 Å². The number of primary amides is 1. The largest absolute Gasteiger partial charge is 0.378 e. The summed E-state index contributed by atoms with van der Waals surface area (Å²) in [5.41, 5.74) is 6.20. The van der Waals surface area contributed by atoms with Crippen molar-refractivity contribution in [3.05, 3.63) is 23.5 Å². The van der Waals surface area contributed by atoms with Gasteiger partial charge in [-0.15, -0.1) is 0 Å². The zero-order chi connectivity index (χ0) is 14.4. The number of benzene rings is 1.